The summed E-state index contributed by atoms with van der Waals surface area (Å²) in [5.41, 5.74) is 5.10. The molecule has 5 rings (SSSR count). The first-order valence-electron chi connectivity index (χ1n) is 16.2. The van der Waals surface area contributed by atoms with Crippen molar-refractivity contribution in [2.45, 2.75) is 59.0 Å². The number of methoxy groups -OCH3 is 1. The van der Waals surface area contributed by atoms with E-state index in [4.69, 9.17) is 14.5 Å². The second kappa shape index (κ2) is 14.1. The Kier molecular flexibility index (Phi) is 10.2. The van der Waals surface area contributed by atoms with Crippen molar-refractivity contribution >= 4 is 27.3 Å². The average molecular weight is 700 g/mol. The van der Waals surface area contributed by atoms with Crippen LogP contribution in [0.25, 0.3) is 17.1 Å². The van der Waals surface area contributed by atoms with Gasteiger partial charge in [0.05, 0.1) is 61.7 Å². The van der Waals surface area contributed by atoms with Crippen molar-refractivity contribution in [1.29, 1.82) is 0 Å². The van der Waals surface area contributed by atoms with Crippen molar-refractivity contribution in [2.24, 2.45) is 7.05 Å². The molecule has 13 heteroatoms. The summed E-state index contributed by atoms with van der Waals surface area (Å²) < 4.78 is 42.1. The minimum atomic E-state index is -3.62. The van der Waals surface area contributed by atoms with Crippen molar-refractivity contribution in [2.75, 3.05) is 30.0 Å². The molecule has 0 bridgehead atoms. The van der Waals surface area contributed by atoms with E-state index in [1.54, 1.807) is 35.1 Å². The number of imidazole rings is 1. The van der Waals surface area contributed by atoms with E-state index in [1.807, 2.05) is 81.9 Å². The number of aryl methyl sites for hydroxylation is 1. The molecule has 0 aliphatic carbocycles. The number of carbonyl (C=O) groups excluding carboxylic acids is 1. The van der Waals surface area contributed by atoms with Gasteiger partial charge in [0, 0.05) is 18.0 Å². The van der Waals surface area contributed by atoms with Gasteiger partial charge in [0.2, 0.25) is 10.0 Å². The van der Waals surface area contributed by atoms with Crippen molar-refractivity contribution in [3.8, 4) is 22.8 Å². The topological polar surface area (TPSA) is 142 Å². The highest BCUT2D eigenvalue weighted by Crippen LogP contribution is 2.39. The lowest BCUT2D eigenvalue weighted by Crippen LogP contribution is -2.28. The molecule has 1 amide bonds. The number of hydrogen-bond acceptors (Lipinski definition) is 8. The first-order chi connectivity index (χ1) is 23.5. The van der Waals surface area contributed by atoms with Crippen LogP contribution in [0.5, 0.6) is 5.75 Å². The van der Waals surface area contributed by atoms with Gasteiger partial charge in [-0.05, 0) is 53.3 Å². The fraction of sp³-hybridized carbons (Fsp3) is 0.351. The lowest BCUT2D eigenvalue weighted by molar-refractivity contribution is 0.0787. The molecule has 0 spiro atoms. The Hall–Kier alpha value is -5.01. The maximum absolute atomic E-state index is 13.7. The quantitative estimate of drug-likeness (QED) is 0.152. The molecular weight excluding hydrogens is 655 g/mol. The van der Waals surface area contributed by atoms with Crippen LogP contribution in [-0.4, -0.2) is 58.8 Å². The largest absolute Gasteiger partial charge is 0.492 e. The van der Waals surface area contributed by atoms with E-state index in [0.717, 1.165) is 34.5 Å². The highest BCUT2D eigenvalue weighted by Gasteiger charge is 2.28. The molecular formula is C37H45N7O5S. The second-order valence-electron chi connectivity index (χ2n) is 14.1. The number of sulfonamides is 1. The number of nitrogens with one attached hydrogen (secondary N) is 2. The van der Waals surface area contributed by atoms with Gasteiger partial charge in [-0.3, -0.25) is 9.52 Å². The van der Waals surface area contributed by atoms with Crippen LogP contribution in [0.1, 0.15) is 67.5 Å². The molecule has 0 fully saturated rings. The third kappa shape index (κ3) is 8.23. The van der Waals surface area contributed by atoms with Gasteiger partial charge in [-0.1, -0.05) is 76.2 Å². The smallest absolute Gasteiger partial charge is 0.255 e. The minimum Gasteiger partial charge on any atom is -0.492 e. The monoisotopic (exact) mass is 699 g/mol. The number of carbonyl (C=O) groups is 1. The van der Waals surface area contributed by atoms with Gasteiger partial charge in [-0.2, -0.15) is 0 Å². The summed E-state index contributed by atoms with van der Waals surface area (Å²) in [6.07, 6.45) is 4.66. The number of nitrogens with zero attached hydrogens (tertiary/aromatic N) is 5. The molecule has 0 unspecified atom stereocenters. The number of ether oxygens (including phenoxy) is 2. The Morgan fingerprint density at radius 1 is 0.980 bits per heavy atom. The zero-order valence-electron chi connectivity index (χ0n) is 30.0. The first kappa shape index (κ1) is 36.3. The van der Waals surface area contributed by atoms with Crippen LogP contribution in [0.15, 0.2) is 73.1 Å². The summed E-state index contributed by atoms with van der Waals surface area (Å²) in [5.74, 6) is 0.645. The lowest BCUT2D eigenvalue weighted by Gasteiger charge is -2.24. The van der Waals surface area contributed by atoms with Crippen molar-refractivity contribution in [3.63, 3.8) is 0 Å². The Morgan fingerprint density at radius 2 is 1.68 bits per heavy atom. The third-order valence-corrected chi connectivity index (χ3v) is 8.94. The second-order valence-corrected chi connectivity index (χ2v) is 15.9. The molecule has 2 heterocycles. The maximum atomic E-state index is 13.7. The van der Waals surface area contributed by atoms with Crippen LogP contribution in [-0.2, 0) is 39.2 Å². The Balaban J connectivity index is 1.38. The molecule has 2 aromatic heterocycles. The van der Waals surface area contributed by atoms with Crippen LogP contribution in [0, 0.1) is 6.92 Å². The van der Waals surface area contributed by atoms with Gasteiger partial charge >= 0.3 is 0 Å². The SMILES string of the molecule is COc1c(NC(=O)c2ccc(C)c(-n3cc(-c4cnc(C(C)(C)COCc5ccccc5)n4C)nn3)c2)cc(C(C)(C)C)cc1NS(C)(=O)=O. The van der Waals surface area contributed by atoms with Gasteiger partial charge in [0.15, 0.2) is 5.75 Å². The maximum Gasteiger partial charge on any atom is 0.255 e. The first-order valence-corrected chi connectivity index (χ1v) is 18.1. The number of anilines is 2. The van der Waals surface area contributed by atoms with Gasteiger partial charge in [-0.15, -0.1) is 5.10 Å². The van der Waals surface area contributed by atoms with Crippen LogP contribution < -0.4 is 14.8 Å². The standard InChI is InChI=1S/C37H45N7O5S/c1-24-15-16-26(34(45)39-28-18-27(36(2,3)4)19-29(33(28)48-8)41-50(9,46)47)17-31(24)44-21-30(40-42-44)32-20-38-35(43(32)7)37(5,6)23-49-22-25-13-11-10-12-14-25/h10-21,41H,22-23H2,1-9H3,(H,39,45). The van der Waals surface area contributed by atoms with Gasteiger partial charge in [0.1, 0.15) is 11.5 Å². The van der Waals surface area contributed by atoms with E-state index in [-0.39, 0.29) is 22.3 Å². The fourth-order valence-corrected chi connectivity index (χ4v) is 6.23. The van der Waals surface area contributed by atoms with Crippen molar-refractivity contribution in [1.82, 2.24) is 24.5 Å². The van der Waals surface area contributed by atoms with E-state index in [0.29, 0.717) is 35.8 Å². The normalized spacial score (nSPS) is 12.2. The molecule has 50 heavy (non-hydrogen) atoms. The van der Waals surface area contributed by atoms with E-state index in [9.17, 15) is 13.2 Å². The van der Waals surface area contributed by atoms with Gasteiger partial charge in [0.25, 0.3) is 5.91 Å². The summed E-state index contributed by atoms with van der Waals surface area (Å²) in [4.78, 5) is 18.4. The summed E-state index contributed by atoms with van der Waals surface area (Å²) in [5, 5.41) is 11.8. The highest BCUT2D eigenvalue weighted by atomic mass is 32.2. The minimum absolute atomic E-state index is 0.200. The van der Waals surface area contributed by atoms with Crippen molar-refractivity contribution in [3.05, 3.63) is 101 Å². The number of benzene rings is 3. The molecule has 0 radical (unpaired) electrons. The Labute approximate surface area is 293 Å². The van der Waals surface area contributed by atoms with Crippen LogP contribution >= 0.6 is 0 Å². The Morgan fingerprint density at radius 3 is 2.34 bits per heavy atom. The van der Waals surface area contributed by atoms with Crippen LogP contribution in [0.4, 0.5) is 11.4 Å². The predicted octanol–water partition coefficient (Wildman–Crippen LogP) is 6.40. The molecule has 2 N–H and O–H groups in total. The number of amides is 1. The predicted molar refractivity (Wildman–Crippen MR) is 196 cm³/mol. The molecule has 5 aromatic rings. The molecule has 0 atom stereocenters. The number of aromatic nitrogens is 5. The molecule has 0 saturated heterocycles. The van der Waals surface area contributed by atoms with E-state index in [1.165, 1.54) is 7.11 Å². The van der Waals surface area contributed by atoms with Crippen molar-refractivity contribution < 1.29 is 22.7 Å². The zero-order valence-corrected chi connectivity index (χ0v) is 30.8. The summed E-state index contributed by atoms with van der Waals surface area (Å²) in [6.45, 7) is 13.1. The molecule has 0 saturated carbocycles. The van der Waals surface area contributed by atoms with E-state index >= 15 is 0 Å². The summed E-state index contributed by atoms with van der Waals surface area (Å²) >= 11 is 0. The number of hydrogen-bond donors (Lipinski definition) is 2. The molecule has 0 aliphatic heterocycles. The average Bonchev–Trinajstić information content (AvgIpc) is 3.67. The lowest BCUT2D eigenvalue weighted by atomic mass is 9.86. The summed E-state index contributed by atoms with van der Waals surface area (Å²) in [6, 6.07) is 18.9. The van der Waals surface area contributed by atoms with E-state index in [2.05, 4.69) is 34.2 Å². The van der Waals surface area contributed by atoms with Gasteiger partial charge in [-0.25, -0.2) is 18.1 Å². The fourth-order valence-electron chi connectivity index (χ4n) is 5.68. The third-order valence-electron chi connectivity index (χ3n) is 8.34. The number of rotatable bonds is 12. The Bertz CT molecular complexity index is 2110. The van der Waals surface area contributed by atoms with Gasteiger partial charge < -0.3 is 19.4 Å². The van der Waals surface area contributed by atoms with E-state index < -0.39 is 15.9 Å². The van der Waals surface area contributed by atoms with Crippen LogP contribution in [0.3, 0.4) is 0 Å². The molecule has 3 aromatic carbocycles. The molecule has 0 aliphatic rings. The summed E-state index contributed by atoms with van der Waals surface area (Å²) in [7, 11) is -0.246. The van der Waals surface area contributed by atoms with Crippen LogP contribution in [0.2, 0.25) is 0 Å². The molecule has 264 valence electrons. The zero-order chi connectivity index (χ0) is 36.4. The molecule has 12 nitrogen and oxygen atoms in total. The highest BCUT2D eigenvalue weighted by molar-refractivity contribution is 7.92.